The highest BCUT2D eigenvalue weighted by Crippen LogP contribution is 2.55. The SMILES string of the molecule is C[C@H]1c2cccc(O)c2C(=O)C2=C(O)[C@]3(O)C(=O)C(C(=O)CCN(CCO[N+](=O)[O-])CCO[N+](=O)[O-])=C(O)[C@@H](N(C)C)[C@@H]3[C@@H](O)[C@@H]21. The lowest BCUT2D eigenvalue weighted by Crippen LogP contribution is -2.68. The molecule has 1 aromatic carbocycles. The van der Waals surface area contributed by atoms with Gasteiger partial charge in [-0.25, -0.2) is 0 Å². The van der Waals surface area contributed by atoms with Crippen LogP contribution in [0, 0.1) is 32.1 Å². The number of aromatic hydroxyl groups is 1. The van der Waals surface area contributed by atoms with Crippen molar-refractivity contribution < 1.29 is 59.8 Å². The van der Waals surface area contributed by atoms with Crippen LogP contribution in [0.25, 0.3) is 0 Å². The summed E-state index contributed by atoms with van der Waals surface area (Å²) in [4.78, 5) is 73.4. The minimum Gasteiger partial charge on any atom is -0.510 e. The van der Waals surface area contributed by atoms with Gasteiger partial charge in [0.2, 0.25) is 5.78 Å². The van der Waals surface area contributed by atoms with Gasteiger partial charge in [-0.1, -0.05) is 19.1 Å². The van der Waals surface area contributed by atoms with Gasteiger partial charge in [0.25, 0.3) is 10.2 Å². The highest BCUT2D eigenvalue weighted by Gasteiger charge is 2.67. The third-order valence-corrected chi connectivity index (χ3v) is 8.89. The number of rotatable bonds is 13. The normalized spacial score (nSPS) is 27.3. The summed E-state index contributed by atoms with van der Waals surface area (Å²) in [7, 11) is 2.88. The van der Waals surface area contributed by atoms with Crippen molar-refractivity contribution in [2.75, 3.05) is 46.9 Å². The van der Waals surface area contributed by atoms with E-state index in [9.17, 15) is 60.1 Å². The molecule has 0 radical (unpaired) electrons. The Morgan fingerprint density at radius 1 is 1.02 bits per heavy atom. The molecule has 3 aliphatic rings. The number of fused-ring (bicyclic) bond motifs is 3. The molecule has 5 N–H and O–H groups in total. The summed E-state index contributed by atoms with van der Waals surface area (Å²) >= 11 is 0. The van der Waals surface area contributed by atoms with Gasteiger partial charge in [0.05, 0.1) is 23.6 Å². The monoisotopic (exact) mass is 650 g/mol. The van der Waals surface area contributed by atoms with Crippen LogP contribution in [0.1, 0.15) is 35.2 Å². The Labute approximate surface area is 260 Å². The number of hydrogen-bond acceptors (Lipinski definition) is 16. The average molecular weight is 651 g/mol. The number of ketones is 3. The summed E-state index contributed by atoms with van der Waals surface area (Å²) in [5.41, 5.74) is -4.27. The standard InChI is InChI=1S/C28H34N4O14/c1-13-14-5-4-6-15(33)18(14)23(35)20-17(13)24(36)21-22(29(2)3)25(37)19(26(38)28(21,40)27(20)39)16(34)7-8-30(9-11-45-31(41)42)10-12-46-32(43)44/h4-6,13,17,21-22,24,33,36-37,39-40H,7-12H2,1-3H3/t13-,17+,21+,22-,24-,28+/m0/s1. The summed E-state index contributed by atoms with van der Waals surface area (Å²) in [5, 5.41) is 76.1. The van der Waals surface area contributed by atoms with E-state index in [1.165, 1.54) is 36.0 Å². The molecule has 0 saturated heterocycles. The minimum atomic E-state index is -3.05. The van der Waals surface area contributed by atoms with Gasteiger partial charge in [0, 0.05) is 37.5 Å². The predicted molar refractivity (Wildman–Crippen MR) is 153 cm³/mol. The van der Waals surface area contributed by atoms with E-state index in [0.29, 0.717) is 5.56 Å². The Morgan fingerprint density at radius 2 is 1.61 bits per heavy atom. The number of likely N-dealkylation sites (N-methyl/N-ethyl adjacent to an activating group) is 1. The number of phenolic OH excluding ortho intramolecular Hbond substituents is 1. The molecule has 3 aliphatic carbocycles. The number of carbonyl (C=O) groups excluding carboxylic acids is 3. The molecule has 18 heteroatoms. The number of aliphatic hydroxyl groups is 4. The first-order valence-electron chi connectivity index (χ1n) is 14.2. The summed E-state index contributed by atoms with van der Waals surface area (Å²) < 4.78 is 0. The van der Waals surface area contributed by atoms with Crippen LogP contribution < -0.4 is 0 Å². The molecule has 0 fully saturated rings. The largest absolute Gasteiger partial charge is 0.510 e. The number of nitrogens with zero attached hydrogens (tertiary/aromatic N) is 4. The van der Waals surface area contributed by atoms with Crippen LogP contribution in [-0.4, -0.2) is 128 Å². The molecule has 0 aromatic heterocycles. The Balaban J connectivity index is 1.73. The quantitative estimate of drug-likeness (QED) is 0.105. The van der Waals surface area contributed by atoms with Gasteiger partial charge >= 0.3 is 0 Å². The van der Waals surface area contributed by atoms with Gasteiger partial charge in [-0.2, -0.15) is 0 Å². The lowest BCUT2D eigenvalue weighted by Gasteiger charge is -2.53. The van der Waals surface area contributed by atoms with Crippen LogP contribution in [0.2, 0.25) is 0 Å². The number of carbonyl (C=O) groups is 3. The zero-order valence-corrected chi connectivity index (χ0v) is 25.1. The van der Waals surface area contributed by atoms with E-state index in [0.717, 1.165) is 0 Å². The maximum absolute atomic E-state index is 14.0. The second kappa shape index (κ2) is 13.0. The topological polar surface area (TPSA) is 264 Å². The molecule has 0 bridgehead atoms. The van der Waals surface area contributed by atoms with Gasteiger partial charge < -0.3 is 35.2 Å². The molecular formula is C28H34N4O14. The highest BCUT2D eigenvalue weighted by atomic mass is 17.0. The number of Topliss-reactive ketones (excluding diaryl/α,β-unsaturated/α-hetero) is 3. The van der Waals surface area contributed by atoms with Gasteiger partial charge in [0.1, 0.15) is 36.1 Å². The Morgan fingerprint density at radius 3 is 2.15 bits per heavy atom. The Hall–Kier alpha value is -4.65. The van der Waals surface area contributed by atoms with Crippen molar-refractivity contribution >= 4 is 17.3 Å². The average Bonchev–Trinajstić information content (AvgIpc) is 2.97. The van der Waals surface area contributed by atoms with Gasteiger partial charge in [-0.3, -0.25) is 24.2 Å². The number of benzene rings is 1. The molecular weight excluding hydrogens is 616 g/mol. The zero-order valence-electron chi connectivity index (χ0n) is 25.1. The van der Waals surface area contributed by atoms with Crippen LogP contribution in [0.5, 0.6) is 5.75 Å². The lowest BCUT2D eigenvalue weighted by atomic mass is 9.55. The molecule has 0 heterocycles. The molecule has 0 saturated carbocycles. The van der Waals surface area contributed by atoms with E-state index >= 15 is 0 Å². The fraction of sp³-hybridized carbons (Fsp3) is 0.536. The maximum Gasteiger partial charge on any atom is 0.294 e. The zero-order chi connectivity index (χ0) is 34.2. The molecule has 1 aromatic rings. The summed E-state index contributed by atoms with van der Waals surface area (Å²) in [6, 6.07) is 2.91. The van der Waals surface area contributed by atoms with Crippen molar-refractivity contribution in [1.29, 1.82) is 0 Å². The second-order valence-electron chi connectivity index (χ2n) is 11.6. The second-order valence-corrected chi connectivity index (χ2v) is 11.6. The lowest BCUT2D eigenvalue weighted by molar-refractivity contribution is -0.758. The molecule has 18 nitrogen and oxygen atoms in total. The molecule has 4 rings (SSSR count). The van der Waals surface area contributed by atoms with Crippen LogP contribution >= 0.6 is 0 Å². The molecule has 0 aliphatic heterocycles. The molecule has 6 atom stereocenters. The van der Waals surface area contributed by atoms with Crippen molar-refractivity contribution in [3.8, 4) is 5.75 Å². The van der Waals surface area contributed by atoms with E-state index in [-0.39, 0.29) is 25.2 Å². The summed E-state index contributed by atoms with van der Waals surface area (Å²) in [6.45, 7) is 0.0643. The van der Waals surface area contributed by atoms with E-state index in [1.807, 2.05) is 0 Å². The van der Waals surface area contributed by atoms with Crippen molar-refractivity contribution in [3.05, 3.63) is 72.2 Å². The molecule has 0 amide bonds. The van der Waals surface area contributed by atoms with E-state index in [4.69, 9.17) is 0 Å². The first-order chi connectivity index (χ1) is 21.5. The van der Waals surface area contributed by atoms with E-state index in [2.05, 4.69) is 9.68 Å². The maximum atomic E-state index is 14.0. The smallest absolute Gasteiger partial charge is 0.294 e. The number of hydrogen-bond donors (Lipinski definition) is 5. The number of aliphatic hydroxyl groups excluding tert-OH is 3. The summed E-state index contributed by atoms with van der Waals surface area (Å²) in [6.07, 6.45) is -2.26. The van der Waals surface area contributed by atoms with E-state index < -0.39 is 111 Å². The van der Waals surface area contributed by atoms with Gasteiger partial charge in [-0.15, -0.1) is 20.2 Å². The fourth-order valence-electron chi connectivity index (χ4n) is 6.82. The first kappa shape index (κ1) is 34.2. The summed E-state index contributed by atoms with van der Waals surface area (Å²) in [5.74, 6) is -9.25. The highest BCUT2D eigenvalue weighted by molar-refractivity contribution is 6.26. The van der Waals surface area contributed by atoms with Crippen LogP contribution in [0.3, 0.4) is 0 Å². The van der Waals surface area contributed by atoms with Crippen molar-refractivity contribution in [2.45, 2.75) is 37.0 Å². The molecule has 0 spiro atoms. The molecule has 46 heavy (non-hydrogen) atoms. The van der Waals surface area contributed by atoms with Gasteiger partial charge in [0.15, 0.2) is 17.2 Å². The molecule has 0 unspecified atom stereocenters. The first-order valence-corrected chi connectivity index (χ1v) is 14.2. The minimum absolute atomic E-state index is 0.175. The molecule has 250 valence electrons. The third kappa shape index (κ3) is 5.75. The number of phenols is 1. The van der Waals surface area contributed by atoms with Crippen molar-refractivity contribution in [3.63, 3.8) is 0 Å². The predicted octanol–water partition coefficient (Wildman–Crippen LogP) is -0.155. The fourth-order valence-corrected chi connectivity index (χ4v) is 6.82. The Kier molecular flexibility index (Phi) is 9.67. The van der Waals surface area contributed by atoms with Crippen LogP contribution in [0.15, 0.2) is 40.9 Å². The Bertz CT molecular complexity index is 1500. The van der Waals surface area contributed by atoms with Crippen molar-refractivity contribution in [2.24, 2.45) is 11.8 Å². The van der Waals surface area contributed by atoms with Crippen LogP contribution in [-0.2, 0) is 19.3 Å². The van der Waals surface area contributed by atoms with E-state index in [1.54, 1.807) is 13.0 Å². The van der Waals surface area contributed by atoms with Gasteiger partial charge in [-0.05, 0) is 31.6 Å². The van der Waals surface area contributed by atoms with Crippen molar-refractivity contribution in [1.82, 2.24) is 9.80 Å². The van der Waals surface area contributed by atoms with Crippen LogP contribution in [0.4, 0.5) is 0 Å². The third-order valence-electron chi connectivity index (χ3n) is 8.89.